The second-order valence-corrected chi connectivity index (χ2v) is 8.03. The summed E-state index contributed by atoms with van der Waals surface area (Å²) in [5, 5.41) is 17.3. The molecule has 1 aliphatic rings. The van der Waals surface area contributed by atoms with Gasteiger partial charge in [-0.3, -0.25) is 9.88 Å². The molecule has 0 radical (unpaired) electrons. The molecule has 5 rings (SSSR count). The molecule has 31 heavy (non-hydrogen) atoms. The van der Waals surface area contributed by atoms with Crippen molar-refractivity contribution in [3.05, 3.63) is 53.3 Å². The SMILES string of the molecule is Cl.O/N=c1/cc(-c2cc3sccc3cn2)oc2ccc(OCCN3CCOCC3)cc12. The van der Waals surface area contributed by atoms with Gasteiger partial charge in [-0.1, -0.05) is 5.16 Å². The van der Waals surface area contributed by atoms with Crippen molar-refractivity contribution < 1.29 is 19.1 Å². The van der Waals surface area contributed by atoms with Gasteiger partial charge in [-0.15, -0.1) is 23.7 Å². The molecule has 0 amide bonds. The van der Waals surface area contributed by atoms with Gasteiger partial charge in [-0.25, -0.2) is 0 Å². The zero-order valence-electron chi connectivity index (χ0n) is 16.7. The van der Waals surface area contributed by atoms with E-state index in [1.165, 1.54) is 0 Å². The van der Waals surface area contributed by atoms with E-state index in [2.05, 4.69) is 15.0 Å². The standard InChI is InChI=1S/C22H21N3O4S.ClH/c26-24-18-12-21(19-13-22-15(14-23-19)3-10-30-22)29-20-2-1-16(11-17(18)20)28-9-6-25-4-7-27-8-5-25;/h1-3,10-14,26H,4-9H2;1H/b24-18-;. The Morgan fingerprint density at radius 3 is 2.87 bits per heavy atom. The van der Waals surface area contributed by atoms with E-state index in [9.17, 15) is 5.21 Å². The van der Waals surface area contributed by atoms with Crippen LogP contribution in [0.5, 0.6) is 5.75 Å². The summed E-state index contributed by atoms with van der Waals surface area (Å²) in [6.07, 6.45) is 1.82. The minimum absolute atomic E-state index is 0. The minimum Gasteiger partial charge on any atom is -0.492 e. The third kappa shape index (κ3) is 4.67. The van der Waals surface area contributed by atoms with Gasteiger partial charge in [0.15, 0.2) is 5.76 Å². The largest absolute Gasteiger partial charge is 0.492 e. The fourth-order valence-electron chi connectivity index (χ4n) is 3.55. The maximum absolute atomic E-state index is 9.59. The quantitative estimate of drug-likeness (QED) is 0.357. The summed E-state index contributed by atoms with van der Waals surface area (Å²) in [5.74, 6) is 1.26. The first-order valence-electron chi connectivity index (χ1n) is 9.83. The van der Waals surface area contributed by atoms with Gasteiger partial charge >= 0.3 is 0 Å². The molecule has 3 aromatic heterocycles. The van der Waals surface area contributed by atoms with E-state index in [1.807, 2.05) is 41.9 Å². The zero-order valence-corrected chi connectivity index (χ0v) is 18.3. The average molecular weight is 460 g/mol. The van der Waals surface area contributed by atoms with Crippen LogP contribution in [0, 0.1) is 0 Å². The number of halogens is 1. The van der Waals surface area contributed by atoms with E-state index in [1.54, 1.807) is 17.4 Å². The van der Waals surface area contributed by atoms with Crippen LogP contribution >= 0.6 is 23.7 Å². The lowest BCUT2D eigenvalue weighted by Crippen LogP contribution is -2.38. The molecule has 1 aliphatic heterocycles. The average Bonchev–Trinajstić information content (AvgIpc) is 3.27. The van der Waals surface area contributed by atoms with Crippen LogP contribution in [0.2, 0.25) is 0 Å². The van der Waals surface area contributed by atoms with E-state index >= 15 is 0 Å². The second-order valence-electron chi connectivity index (χ2n) is 7.08. The number of ether oxygens (including phenoxy) is 2. The van der Waals surface area contributed by atoms with Crippen LogP contribution in [0.4, 0.5) is 0 Å². The summed E-state index contributed by atoms with van der Waals surface area (Å²) >= 11 is 1.65. The topological polar surface area (TPSA) is 80.3 Å². The molecule has 0 bridgehead atoms. The molecule has 1 aromatic carbocycles. The summed E-state index contributed by atoms with van der Waals surface area (Å²) in [5.41, 5.74) is 1.30. The lowest BCUT2D eigenvalue weighted by molar-refractivity contribution is 0.0322. The number of benzene rings is 1. The first-order valence-corrected chi connectivity index (χ1v) is 10.7. The van der Waals surface area contributed by atoms with Crippen LogP contribution in [0.1, 0.15) is 0 Å². The Kier molecular flexibility index (Phi) is 6.72. The number of hydrogen-bond donors (Lipinski definition) is 1. The smallest absolute Gasteiger partial charge is 0.155 e. The highest BCUT2D eigenvalue weighted by Gasteiger charge is 2.12. The fourth-order valence-corrected chi connectivity index (χ4v) is 4.35. The predicted octanol–water partition coefficient (Wildman–Crippen LogP) is 4.13. The third-order valence-electron chi connectivity index (χ3n) is 5.19. The first-order chi connectivity index (χ1) is 14.8. The van der Waals surface area contributed by atoms with E-state index in [0.717, 1.165) is 42.9 Å². The van der Waals surface area contributed by atoms with Crippen LogP contribution in [0.25, 0.3) is 32.5 Å². The number of pyridine rings is 1. The number of nitrogens with zero attached hydrogens (tertiary/aromatic N) is 3. The van der Waals surface area contributed by atoms with Gasteiger partial charge in [-0.05, 0) is 35.7 Å². The number of fused-ring (bicyclic) bond motifs is 2. The van der Waals surface area contributed by atoms with Crippen molar-refractivity contribution in [2.24, 2.45) is 5.16 Å². The van der Waals surface area contributed by atoms with E-state index < -0.39 is 0 Å². The Hall–Kier alpha value is -2.65. The highest BCUT2D eigenvalue weighted by molar-refractivity contribution is 7.17. The number of thiophene rings is 1. The molecule has 0 unspecified atom stereocenters. The van der Waals surface area contributed by atoms with Gasteiger partial charge in [0.25, 0.3) is 0 Å². The molecular formula is C22H22ClN3O4S. The van der Waals surface area contributed by atoms with E-state index in [-0.39, 0.29) is 12.4 Å². The van der Waals surface area contributed by atoms with Crippen molar-refractivity contribution in [3.8, 4) is 17.2 Å². The Morgan fingerprint density at radius 1 is 1.16 bits per heavy atom. The monoisotopic (exact) mass is 459 g/mol. The molecular weight excluding hydrogens is 438 g/mol. The van der Waals surface area contributed by atoms with E-state index in [4.69, 9.17) is 13.9 Å². The summed E-state index contributed by atoms with van der Waals surface area (Å²) in [7, 11) is 0. The molecule has 4 heterocycles. The van der Waals surface area contributed by atoms with Crippen molar-refractivity contribution in [2.75, 3.05) is 39.5 Å². The maximum Gasteiger partial charge on any atom is 0.155 e. The van der Waals surface area contributed by atoms with Crippen molar-refractivity contribution in [2.45, 2.75) is 0 Å². The van der Waals surface area contributed by atoms with E-state index in [0.29, 0.717) is 40.1 Å². The Labute approximate surface area is 188 Å². The molecule has 1 fully saturated rings. The summed E-state index contributed by atoms with van der Waals surface area (Å²) in [6.45, 7) is 4.84. The lowest BCUT2D eigenvalue weighted by atomic mass is 10.1. The van der Waals surface area contributed by atoms with Crippen LogP contribution in [0.15, 0.2) is 57.5 Å². The highest BCUT2D eigenvalue weighted by Crippen LogP contribution is 2.27. The molecule has 0 saturated carbocycles. The molecule has 0 aliphatic carbocycles. The molecule has 1 saturated heterocycles. The van der Waals surface area contributed by atoms with Crippen molar-refractivity contribution >= 4 is 44.8 Å². The minimum atomic E-state index is 0. The number of rotatable bonds is 5. The van der Waals surface area contributed by atoms with Crippen molar-refractivity contribution in [1.82, 2.24) is 9.88 Å². The summed E-state index contributed by atoms with van der Waals surface area (Å²) < 4.78 is 18.5. The predicted molar refractivity (Wildman–Crippen MR) is 122 cm³/mol. The van der Waals surface area contributed by atoms with Gasteiger partial charge in [0.1, 0.15) is 29.0 Å². The molecule has 0 atom stereocenters. The van der Waals surface area contributed by atoms with Crippen molar-refractivity contribution in [1.29, 1.82) is 0 Å². The molecule has 162 valence electrons. The Morgan fingerprint density at radius 2 is 2.03 bits per heavy atom. The van der Waals surface area contributed by atoms with Gasteiger partial charge in [0.2, 0.25) is 0 Å². The van der Waals surface area contributed by atoms with Crippen LogP contribution < -0.4 is 10.1 Å². The van der Waals surface area contributed by atoms with Gasteiger partial charge in [0, 0.05) is 42.0 Å². The van der Waals surface area contributed by atoms with Crippen LogP contribution in [-0.2, 0) is 4.74 Å². The Balaban J connectivity index is 0.00000231. The third-order valence-corrected chi connectivity index (χ3v) is 6.07. The highest BCUT2D eigenvalue weighted by atomic mass is 35.5. The number of aromatic nitrogens is 1. The second kappa shape index (κ2) is 9.65. The zero-order chi connectivity index (χ0) is 20.3. The summed E-state index contributed by atoms with van der Waals surface area (Å²) in [4.78, 5) is 6.80. The molecule has 0 spiro atoms. The maximum atomic E-state index is 9.59. The van der Waals surface area contributed by atoms with Gasteiger partial charge in [-0.2, -0.15) is 0 Å². The Bertz CT molecular complexity index is 1250. The van der Waals surface area contributed by atoms with Crippen LogP contribution in [-0.4, -0.2) is 54.5 Å². The fraction of sp³-hybridized carbons (Fsp3) is 0.273. The normalized spacial score (nSPS) is 15.3. The van der Waals surface area contributed by atoms with Crippen molar-refractivity contribution in [3.63, 3.8) is 0 Å². The van der Waals surface area contributed by atoms with Gasteiger partial charge < -0.3 is 19.1 Å². The molecule has 1 N–H and O–H groups in total. The molecule has 4 aromatic rings. The van der Waals surface area contributed by atoms with Crippen LogP contribution in [0.3, 0.4) is 0 Å². The summed E-state index contributed by atoms with van der Waals surface area (Å²) in [6, 6.07) is 11.3. The first kappa shape index (κ1) is 21.6. The molecule has 7 nitrogen and oxygen atoms in total. The molecule has 9 heteroatoms. The van der Waals surface area contributed by atoms with Gasteiger partial charge in [0.05, 0.1) is 18.6 Å². The lowest BCUT2D eigenvalue weighted by Gasteiger charge is -2.26. The number of morpholine rings is 1. The number of hydrogen-bond acceptors (Lipinski definition) is 8.